The fourth-order valence-corrected chi connectivity index (χ4v) is 6.87. The van der Waals surface area contributed by atoms with E-state index >= 15 is 0 Å². The van der Waals surface area contributed by atoms with E-state index in [0.717, 1.165) is 51.5 Å². The summed E-state index contributed by atoms with van der Waals surface area (Å²) in [6.07, 6.45) is 7.29. The first-order valence-corrected chi connectivity index (χ1v) is 21.4. The molecule has 1 aliphatic heterocycles. The maximum absolute atomic E-state index is 13.4. The van der Waals surface area contributed by atoms with E-state index in [2.05, 4.69) is 84.2 Å². The van der Waals surface area contributed by atoms with Crippen LogP contribution in [-0.2, 0) is 14.4 Å². The molecule has 0 spiro atoms. The Balaban J connectivity index is -0.000000153. The van der Waals surface area contributed by atoms with Crippen molar-refractivity contribution in [3.63, 3.8) is 0 Å². The van der Waals surface area contributed by atoms with Crippen molar-refractivity contribution < 1.29 is 65.8 Å². The number of rotatable bonds is 18. The van der Waals surface area contributed by atoms with Crippen LogP contribution in [0.1, 0.15) is 197 Å². The van der Waals surface area contributed by atoms with Crippen LogP contribution in [0.2, 0.25) is 0 Å². The smallest absolute Gasteiger partial charge is 0.358 e. The van der Waals surface area contributed by atoms with Crippen LogP contribution in [0.3, 0.4) is 0 Å². The molecule has 7 heteroatoms. The van der Waals surface area contributed by atoms with Gasteiger partial charge in [-0.1, -0.05) is 116 Å². The van der Waals surface area contributed by atoms with Gasteiger partial charge in [-0.05, 0) is 94.8 Å². The average Bonchev–Trinajstić information content (AvgIpc) is 3.62. The number of ketones is 3. The number of carbonyl (C=O) groups is 3. The second kappa shape index (κ2) is 38.1. The average molecular weight is 781 g/mol. The minimum Gasteiger partial charge on any atom is -0.358 e. The Bertz CT molecular complexity index is 859. The number of likely N-dealkylation sites (tertiary alicyclic amines) is 1. The van der Waals surface area contributed by atoms with E-state index in [9.17, 15) is 14.4 Å². The van der Waals surface area contributed by atoms with Gasteiger partial charge < -0.3 is 14.4 Å². The normalized spacial score (nSPS) is 16.0. The SMILES string of the molecule is CC.CC.CC.CC.CC(C)C(=O)C1CCCN1C(C)C.[CH2-]CCC(CCCCC(C)(C(=O)C(C)C)N(C)C(C)C)(C(=O)C(C)C)N(C)C(C)C.[CH3-].[K+]. The number of Topliss-reactive ketones (excluding diaryl/α,β-unsaturated/α-hetero) is 3. The summed E-state index contributed by atoms with van der Waals surface area (Å²) >= 11 is 0. The third kappa shape index (κ3) is 23.5. The molecule has 0 aromatic heterocycles. The van der Waals surface area contributed by atoms with Crippen molar-refractivity contribution in [1.29, 1.82) is 0 Å². The Kier molecular flexibility index (Phi) is 49.0. The quantitative estimate of drug-likeness (QED) is 0.0785. The Labute approximate surface area is 379 Å². The molecule has 0 radical (unpaired) electrons. The molecule has 0 aliphatic carbocycles. The molecule has 1 rings (SSSR count). The topological polar surface area (TPSA) is 60.9 Å². The Morgan fingerprint density at radius 3 is 1.38 bits per heavy atom. The predicted molar refractivity (Wildman–Crippen MR) is 236 cm³/mol. The molecule has 0 aromatic carbocycles. The van der Waals surface area contributed by atoms with Gasteiger partial charge in [0.05, 0.1) is 17.1 Å². The first-order valence-electron chi connectivity index (χ1n) is 21.4. The van der Waals surface area contributed by atoms with Gasteiger partial charge >= 0.3 is 51.4 Å². The van der Waals surface area contributed by atoms with E-state index in [4.69, 9.17) is 0 Å². The van der Waals surface area contributed by atoms with Crippen LogP contribution in [0.4, 0.5) is 0 Å². The Morgan fingerprint density at radius 2 is 1.06 bits per heavy atom. The predicted octanol–water partition coefficient (Wildman–Crippen LogP) is 9.43. The summed E-state index contributed by atoms with van der Waals surface area (Å²) in [6, 6.07) is 1.31. The molecule has 3 atom stereocenters. The number of nitrogens with zero attached hydrogens (tertiary/aromatic N) is 3. The Morgan fingerprint density at radius 1 is 0.660 bits per heavy atom. The molecule has 1 heterocycles. The van der Waals surface area contributed by atoms with Gasteiger partial charge in [-0.3, -0.25) is 29.1 Å². The number of unbranched alkanes of at least 4 members (excludes halogenated alkanes) is 1. The molecule has 6 nitrogen and oxygen atoms in total. The summed E-state index contributed by atoms with van der Waals surface area (Å²) in [5.74, 6) is 1.24. The molecule has 53 heavy (non-hydrogen) atoms. The first-order chi connectivity index (χ1) is 23.7. The van der Waals surface area contributed by atoms with E-state index in [1.165, 1.54) is 6.42 Å². The van der Waals surface area contributed by atoms with E-state index in [0.29, 0.717) is 35.5 Å². The van der Waals surface area contributed by atoms with Crippen LogP contribution in [0, 0.1) is 32.1 Å². The second-order valence-corrected chi connectivity index (χ2v) is 15.1. The van der Waals surface area contributed by atoms with E-state index < -0.39 is 11.1 Å². The largest absolute Gasteiger partial charge is 1.00 e. The van der Waals surface area contributed by atoms with Gasteiger partial charge in [-0.15, -0.1) is 0 Å². The summed E-state index contributed by atoms with van der Waals surface area (Å²) < 4.78 is 0. The van der Waals surface area contributed by atoms with Gasteiger partial charge in [-0.2, -0.15) is 6.42 Å². The fourth-order valence-electron chi connectivity index (χ4n) is 6.87. The van der Waals surface area contributed by atoms with Crippen molar-refractivity contribution in [2.75, 3.05) is 20.6 Å². The summed E-state index contributed by atoms with van der Waals surface area (Å²) in [5, 5.41) is 0. The minimum absolute atomic E-state index is 0. The van der Waals surface area contributed by atoms with Gasteiger partial charge in [0.15, 0.2) is 17.3 Å². The molecule has 0 saturated carbocycles. The van der Waals surface area contributed by atoms with Crippen molar-refractivity contribution in [1.82, 2.24) is 14.7 Å². The summed E-state index contributed by atoms with van der Waals surface area (Å²) in [5.41, 5.74) is -0.935. The molecule has 0 bridgehead atoms. The van der Waals surface area contributed by atoms with E-state index in [-0.39, 0.29) is 82.6 Å². The Hall–Kier alpha value is 0.526. The summed E-state index contributed by atoms with van der Waals surface area (Å²) in [7, 11) is 4.15. The van der Waals surface area contributed by atoms with Crippen LogP contribution in [0.15, 0.2) is 0 Å². The molecule has 318 valence electrons. The standard InChI is InChI=1S/C26H51N2O2.C11H21NO.4C2H6.CH3.K/c1-13-16-26(24(30)20(4)5,28(12)22(8)9)18-15-14-17-25(10,23(29)19(2)3)27(11)21(6)7;1-8(2)11(13)10-6-5-7-12(10)9(3)4;4*1-2;;/h19-22H,1,13-18H2,2-12H3;8-10H,5-7H2,1-4H3;4*1-2H3;1H3;/q-1;;;;;;-1;+1. The van der Waals surface area contributed by atoms with Gasteiger partial charge in [0, 0.05) is 35.9 Å². The number of carbonyl (C=O) groups excluding carboxylic acids is 3. The number of hydrogen-bond donors (Lipinski definition) is 0. The van der Waals surface area contributed by atoms with Crippen molar-refractivity contribution in [3.05, 3.63) is 14.4 Å². The van der Waals surface area contributed by atoms with Crippen molar-refractivity contribution in [2.24, 2.45) is 17.8 Å². The van der Waals surface area contributed by atoms with Crippen molar-refractivity contribution in [3.8, 4) is 0 Å². The number of likely N-dealkylation sites (N-methyl/N-ethyl adjacent to an activating group) is 2. The third-order valence-corrected chi connectivity index (χ3v) is 9.99. The van der Waals surface area contributed by atoms with Gasteiger partial charge in [0.25, 0.3) is 0 Å². The van der Waals surface area contributed by atoms with Gasteiger partial charge in [-0.25, -0.2) is 0 Å². The zero-order valence-electron chi connectivity index (χ0n) is 41.2. The van der Waals surface area contributed by atoms with Crippen molar-refractivity contribution in [2.45, 2.75) is 232 Å². The van der Waals surface area contributed by atoms with Crippen molar-refractivity contribution >= 4 is 17.3 Å². The first kappa shape index (κ1) is 68.2. The third-order valence-electron chi connectivity index (χ3n) is 9.99. The molecule has 1 aliphatic rings. The fraction of sp³-hybridized carbons (Fsp3) is 0.891. The zero-order chi connectivity index (χ0) is 41.9. The molecule has 0 amide bonds. The molecule has 1 saturated heterocycles. The molecular formula is C46H99KN3O3-. The maximum atomic E-state index is 13.4. The molecule has 0 aromatic rings. The van der Waals surface area contributed by atoms with Gasteiger partial charge in [0.1, 0.15) is 0 Å². The number of hydrogen-bond acceptors (Lipinski definition) is 6. The molecule has 1 fully saturated rings. The molecular weight excluding hydrogens is 682 g/mol. The second-order valence-electron chi connectivity index (χ2n) is 15.1. The summed E-state index contributed by atoms with van der Waals surface area (Å²) in [4.78, 5) is 45.1. The maximum Gasteiger partial charge on any atom is 1.00 e. The van der Waals surface area contributed by atoms with Crippen LogP contribution in [0.25, 0.3) is 0 Å². The molecule has 0 N–H and O–H groups in total. The van der Waals surface area contributed by atoms with Crippen LogP contribution >= 0.6 is 0 Å². The summed E-state index contributed by atoms with van der Waals surface area (Å²) in [6.45, 7) is 48.2. The molecule has 3 unspecified atom stereocenters. The van der Waals surface area contributed by atoms with Crippen LogP contribution < -0.4 is 51.4 Å². The van der Waals surface area contributed by atoms with E-state index in [1.54, 1.807) is 0 Å². The van der Waals surface area contributed by atoms with Crippen LogP contribution in [-0.4, -0.2) is 87.9 Å². The zero-order valence-corrected chi connectivity index (χ0v) is 44.3. The van der Waals surface area contributed by atoms with E-state index in [1.807, 2.05) is 96.9 Å². The van der Waals surface area contributed by atoms with Crippen LogP contribution in [0.5, 0.6) is 0 Å². The minimum atomic E-state index is -0.469. The van der Waals surface area contributed by atoms with Gasteiger partial charge in [0.2, 0.25) is 0 Å². The monoisotopic (exact) mass is 781 g/mol.